The molecule has 1 aliphatic heterocycles. The zero-order valence-corrected chi connectivity index (χ0v) is 19.0. The van der Waals surface area contributed by atoms with Crippen LogP contribution in [0.15, 0.2) is 46.9 Å². The van der Waals surface area contributed by atoms with E-state index >= 15 is 0 Å². The Morgan fingerprint density at radius 3 is 2.47 bits per heavy atom. The zero-order chi connectivity index (χ0) is 22.7. The minimum absolute atomic E-state index is 0.0284. The summed E-state index contributed by atoms with van der Waals surface area (Å²) in [4.78, 5) is 17.0. The van der Waals surface area contributed by atoms with Crippen LogP contribution in [0.25, 0.3) is 11.5 Å². The van der Waals surface area contributed by atoms with Gasteiger partial charge >= 0.3 is 0 Å². The Labute approximate surface area is 191 Å². The molecule has 1 aliphatic rings. The molecule has 32 heavy (non-hydrogen) atoms. The Bertz CT molecular complexity index is 1100. The number of hydrogen-bond acceptors (Lipinski definition) is 7. The Hall–Kier alpha value is -3.10. The number of hydrogen-bond donors (Lipinski definition) is 0. The molecule has 1 aromatic heterocycles. The summed E-state index contributed by atoms with van der Waals surface area (Å²) in [7, 11) is 3.13. The highest BCUT2D eigenvalue weighted by atomic mass is 35.5. The van der Waals surface area contributed by atoms with Crippen LogP contribution in [-0.4, -0.2) is 66.3 Å². The molecule has 1 atom stereocenters. The highest BCUT2D eigenvalue weighted by Crippen LogP contribution is 2.29. The van der Waals surface area contributed by atoms with Gasteiger partial charge in [-0.15, -0.1) is 10.2 Å². The Morgan fingerprint density at radius 2 is 1.78 bits per heavy atom. The molecule has 4 rings (SSSR count). The fraction of sp³-hybridized carbons (Fsp3) is 0.348. The van der Waals surface area contributed by atoms with Crippen LogP contribution < -0.4 is 9.47 Å². The predicted octanol–water partition coefficient (Wildman–Crippen LogP) is 3.93. The van der Waals surface area contributed by atoms with Crippen LogP contribution in [0.5, 0.6) is 11.5 Å². The molecule has 0 saturated carbocycles. The van der Waals surface area contributed by atoms with Crippen LogP contribution in [0, 0.1) is 0 Å². The van der Waals surface area contributed by atoms with Gasteiger partial charge in [0.25, 0.3) is 5.91 Å². The highest BCUT2D eigenvalue weighted by molar-refractivity contribution is 6.30. The summed E-state index contributed by atoms with van der Waals surface area (Å²) in [5, 5.41) is 9.01. The SMILES string of the molecule is COc1ccc(C(=O)N2CCN(C(C)c3nnc(-c4cccc(Cl)c4)o3)CC2)cc1OC. The number of benzene rings is 2. The first-order chi connectivity index (χ1) is 15.5. The topological polar surface area (TPSA) is 80.9 Å². The average molecular weight is 457 g/mol. The first kappa shape index (κ1) is 22.1. The van der Waals surface area contributed by atoms with Gasteiger partial charge in [-0.3, -0.25) is 9.69 Å². The van der Waals surface area contributed by atoms with E-state index in [9.17, 15) is 4.79 Å². The van der Waals surface area contributed by atoms with Crippen molar-refractivity contribution in [3.63, 3.8) is 0 Å². The molecular weight excluding hydrogens is 432 g/mol. The minimum atomic E-state index is -0.0613. The van der Waals surface area contributed by atoms with E-state index in [1.807, 2.05) is 24.0 Å². The van der Waals surface area contributed by atoms with Crippen molar-refractivity contribution in [1.29, 1.82) is 0 Å². The van der Waals surface area contributed by atoms with Gasteiger partial charge in [-0.1, -0.05) is 17.7 Å². The van der Waals surface area contributed by atoms with Crippen molar-refractivity contribution in [2.24, 2.45) is 0 Å². The van der Waals surface area contributed by atoms with Crippen molar-refractivity contribution < 1.29 is 18.7 Å². The predicted molar refractivity (Wildman–Crippen MR) is 120 cm³/mol. The smallest absolute Gasteiger partial charge is 0.254 e. The molecule has 0 aliphatic carbocycles. The van der Waals surface area contributed by atoms with Crippen LogP contribution in [0.3, 0.4) is 0 Å². The lowest BCUT2D eigenvalue weighted by Crippen LogP contribution is -2.49. The number of carbonyl (C=O) groups is 1. The Morgan fingerprint density at radius 1 is 1.03 bits per heavy atom. The van der Waals surface area contributed by atoms with Gasteiger partial charge in [-0.2, -0.15) is 0 Å². The maximum atomic E-state index is 13.0. The quantitative estimate of drug-likeness (QED) is 0.556. The van der Waals surface area contributed by atoms with E-state index in [1.54, 1.807) is 44.6 Å². The molecule has 3 aromatic rings. The average Bonchev–Trinajstić information content (AvgIpc) is 3.33. The molecule has 0 spiro atoms. The number of ether oxygens (including phenoxy) is 2. The summed E-state index contributed by atoms with van der Waals surface area (Å²) in [6, 6.07) is 12.5. The van der Waals surface area contributed by atoms with Crippen LogP contribution in [-0.2, 0) is 0 Å². The molecule has 1 saturated heterocycles. The largest absolute Gasteiger partial charge is 0.493 e. The molecule has 0 bridgehead atoms. The number of aromatic nitrogens is 2. The first-order valence-electron chi connectivity index (χ1n) is 10.3. The molecular formula is C23H25ClN4O4. The van der Waals surface area contributed by atoms with Gasteiger partial charge in [-0.25, -0.2) is 0 Å². The van der Waals surface area contributed by atoms with E-state index in [0.29, 0.717) is 60.0 Å². The van der Waals surface area contributed by atoms with E-state index in [0.717, 1.165) is 5.56 Å². The highest BCUT2D eigenvalue weighted by Gasteiger charge is 2.28. The molecule has 0 N–H and O–H groups in total. The van der Waals surface area contributed by atoms with Crippen LogP contribution >= 0.6 is 11.6 Å². The second kappa shape index (κ2) is 9.58. The van der Waals surface area contributed by atoms with E-state index in [-0.39, 0.29) is 11.9 Å². The normalized spacial score (nSPS) is 15.4. The maximum Gasteiger partial charge on any atom is 0.254 e. The summed E-state index contributed by atoms with van der Waals surface area (Å²) in [6.45, 7) is 4.64. The number of piperazine rings is 1. The third-order valence-corrected chi connectivity index (χ3v) is 5.88. The van der Waals surface area contributed by atoms with Crippen LogP contribution in [0.1, 0.15) is 29.2 Å². The van der Waals surface area contributed by atoms with Gasteiger partial charge in [-0.05, 0) is 43.3 Å². The molecule has 9 heteroatoms. The molecule has 0 radical (unpaired) electrons. The number of methoxy groups -OCH3 is 2. The first-order valence-corrected chi connectivity index (χ1v) is 10.7. The molecule has 2 aromatic carbocycles. The van der Waals surface area contributed by atoms with Gasteiger partial charge in [0.15, 0.2) is 11.5 Å². The van der Waals surface area contributed by atoms with Crippen molar-refractivity contribution >= 4 is 17.5 Å². The van der Waals surface area contributed by atoms with E-state index in [1.165, 1.54) is 0 Å². The van der Waals surface area contributed by atoms with Crippen LogP contribution in [0.2, 0.25) is 5.02 Å². The monoisotopic (exact) mass is 456 g/mol. The fourth-order valence-corrected chi connectivity index (χ4v) is 3.95. The van der Waals surface area contributed by atoms with Crippen molar-refractivity contribution in [2.45, 2.75) is 13.0 Å². The van der Waals surface area contributed by atoms with Crippen molar-refractivity contribution in [2.75, 3.05) is 40.4 Å². The molecule has 1 amide bonds. The van der Waals surface area contributed by atoms with Gasteiger partial charge in [0.05, 0.1) is 20.3 Å². The fourth-order valence-electron chi connectivity index (χ4n) is 3.76. The van der Waals surface area contributed by atoms with E-state index in [4.69, 9.17) is 25.5 Å². The summed E-state index contributed by atoms with van der Waals surface area (Å²) in [6.07, 6.45) is 0. The molecule has 2 heterocycles. The number of rotatable bonds is 6. The summed E-state index contributed by atoms with van der Waals surface area (Å²) >= 11 is 6.06. The lowest BCUT2D eigenvalue weighted by Gasteiger charge is -2.36. The van der Waals surface area contributed by atoms with Gasteiger partial charge < -0.3 is 18.8 Å². The summed E-state index contributed by atoms with van der Waals surface area (Å²) in [5.41, 5.74) is 1.36. The molecule has 168 valence electrons. The Balaban J connectivity index is 1.39. The molecule has 1 unspecified atom stereocenters. The molecule has 1 fully saturated rings. The summed E-state index contributed by atoms with van der Waals surface area (Å²) in [5.74, 6) is 2.09. The second-order valence-electron chi connectivity index (χ2n) is 7.53. The van der Waals surface area contributed by atoms with E-state index < -0.39 is 0 Å². The zero-order valence-electron chi connectivity index (χ0n) is 18.2. The standard InChI is InChI=1S/C23H25ClN4O4/c1-15(21-25-26-22(32-21)16-5-4-6-18(24)13-16)27-9-11-28(12-10-27)23(29)17-7-8-19(30-2)20(14-17)31-3/h4-8,13-15H,9-12H2,1-3H3. The van der Waals surface area contributed by atoms with Crippen LogP contribution in [0.4, 0.5) is 0 Å². The van der Waals surface area contributed by atoms with Crippen molar-refractivity contribution in [1.82, 2.24) is 20.0 Å². The number of amides is 1. The van der Waals surface area contributed by atoms with E-state index in [2.05, 4.69) is 15.1 Å². The van der Waals surface area contributed by atoms with Gasteiger partial charge in [0.2, 0.25) is 11.8 Å². The van der Waals surface area contributed by atoms with Crippen molar-refractivity contribution in [3.05, 3.63) is 58.9 Å². The summed E-state index contributed by atoms with van der Waals surface area (Å²) < 4.78 is 16.5. The lowest BCUT2D eigenvalue weighted by atomic mass is 10.1. The number of nitrogens with zero attached hydrogens (tertiary/aromatic N) is 4. The second-order valence-corrected chi connectivity index (χ2v) is 7.97. The number of carbonyl (C=O) groups excluding carboxylic acids is 1. The third-order valence-electron chi connectivity index (χ3n) is 5.65. The maximum absolute atomic E-state index is 13.0. The third kappa shape index (κ3) is 4.56. The Kier molecular flexibility index (Phi) is 6.62. The van der Waals surface area contributed by atoms with Gasteiger partial charge in [0.1, 0.15) is 0 Å². The minimum Gasteiger partial charge on any atom is -0.493 e. The molecule has 8 nitrogen and oxygen atoms in total. The lowest BCUT2D eigenvalue weighted by molar-refractivity contribution is 0.0558. The number of halogens is 1. The van der Waals surface area contributed by atoms with Gasteiger partial charge in [0, 0.05) is 42.3 Å². The van der Waals surface area contributed by atoms with Crippen molar-refractivity contribution in [3.8, 4) is 23.0 Å².